The number of carbonyl (C=O) groups excluding carboxylic acids is 2. The zero-order valence-corrected chi connectivity index (χ0v) is 19.6. The Hall–Kier alpha value is -2.60. The summed E-state index contributed by atoms with van der Waals surface area (Å²) in [6.07, 6.45) is 0.720. The van der Waals surface area contributed by atoms with Crippen molar-refractivity contribution < 1.29 is 18.7 Å². The molecule has 1 atom stereocenters. The van der Waals surface area contributed by atoms with E-state index in [4.69, 9.17) is 16.3 Å². The molecule has 2 aliphatic rings. The minimum absolute atomic E-state index is 0.0151. The van der Waals surface area contributed by atoms with E-state index in [1.807, 2.05) is 52.0 Å². The van der Waals surface area contributed by atoms with E-state index < -0.39 is 16.8 Å². The molecule has 2 aromatic carbocycles. The third kappa shape index (κ3) is 3.96. The van der Waals surface area contributed by atoms with E-state index >= 15 is 0 Å². The first-order valence-corrected chi connectivity index (χ1v) is 11.2. The summed E-state index contributed by atoms with van der Waals surface area (Å²) in [6, 6.07) is 12.3. The summed E-state index contributed by atoms with van der Waals surface area (Å²) in [5.41, 5.74) is 1.54. The number of halogens is 2. The normalized spacial score (nSPS) is 20.3. The molecule has 1 spiro atoms. The summed E-state index contributed by atoms with van der Waals surface area (Å²) in [5, 5.41) is -0.0151. The lowest BCUT2D eigenvalue weighted by molar-refractivity contribution is -0.144. The van der Waals surface area contributed by atoms with Gasteiger partial charge in [-0.05, 0) is 64.3 Å². The van der Waals surface area contributed by atoms with Crippen molar-refractivity contribution in [3.8, 4) is 0 Å². The maximum Gasteiger partial charge on any atom is 0.410 e. The van der Waals surface area contributed by atoms with Crippen LogP contribution in [0.15, 0.2) is 42.5 Å². The predicted octanol–water partition coefficient (Wildman–Crippen LogP) is 5.89. The van der Waals surface area contributed by atoms with Crippen LogP contribution in [0.4, 0.5) is 14.9 Å². The van der Waals surface area contributed by atoms with Gasteiger partial charge in [0, 0.05) is 18.8 Å². The van der Waals surface area contributed by atoms with Gasteiger partial charge >= 0.3 is 6.09 Å². The molecular formula is C25H28ClFN2O3. The van der Waals surface area contributed by atoms with Crippen LogP contribution in [-0.4, -0.2) is 35.6 Å². The average Bonchev–Trinajstić information content (AvgIpc) is 2.73. The number of β-lactam (4-membered cyclic amide) rings is 1. The number of hydrogen-bond donors (Lipinski definition) is 0. The van der Waals surface area contributed by atoms with Gasteiger partial charge < -0.3 is 14.5 Å². The number of anilines is 1. The first-order valence-electron chi connectivity index (χ1n) is 10.8. The van der Waals surface area contributed by atoms with E-state index in [9.17, 15) is 14.0 Å². The number of piperidine rings is 1. The maximum absolute atomic E-state index is 13.7. The second-order valence-electron chi connectivity index (χ2n) is 9.71. The molecule has 2 fully saturated rings. The summed E-state index contributed by atoms with van der Waals surface area (Å²) < 4.78 is 19.3. The summed E-state index contributed by atoms with van der Waals surface area (Å²) in [4.78, 5) is 29.4. The lowest BCUT2D eigenvalue weighted by atomic mass is 9.62. The van der Waals surface area contributed by atoms with Crippen molar-refractivity contribution >= 4 is 29.3 Å². The van der Waals surface area contributed by atoms with Crippen molar-refractivity contribution in [1.82, 2.24) is 4.90 Å². The lowest BCUT2D eigenvalue weighted by Gasteiger charge is -2.59. The van der Waals surface area contributed by atoms with Gasteiger partial charge in [-0.1, -0.05) is 41.4 Å². The highest BCUT2D eigenvalue weighted by molar-refractivity contribution is 6.31. The number of carbonyl (C=O) groups is 2. The molecule has 2 aliphatic heterocycles. The van der Waals surface area contributed by atoms with Crippen molar-refractivity contribution in [2.45, 2.75) is 52.2 Å². The zero-order valence-electron chi connectivity index (χ0n) is 18.8. The van der Waals surface area contributed by atoms with E-state index in [0.717, 1.165) is 11.1 Å². The molecule has 7 heteroatoms. The van der Waals surface area contributed by atoms with Gasteiger partial charge in [0.2, 0.25) is 5.91 Å². The summed E-state index contributed by atoms with van der Waals surface area (Å²) >= 11 is 6.01. The van der Waals surface area contributed by atoms with Crippen LogP contribution in [0.5, 0.6) is 0 Å². The Labute approximate surface area is 193 Å². The molecule has 170 valence electrons. The molecule has 0 N–H and O–H groups in total. The third-order valence-corrected chi connectivity index (χ3v) is 6.60. The topological polar surface area (TPSA) is 49.9 Å². The van der Waals surface area contributed by atoms with E-state index in [1.54, 1.807) is 15.9 Å². The molecule has 32 heavy (non-hydrogen) atoms. The lowest BCUT2D eigenvalue weighted by Crippen LogP contribution is -2.67. The number of benzene rings is 2. The first kappa shape index (κ1) is 22.6. The smallest absolute Gasteiger partial charge is 0.410 e. The van der Waals surface area contributed by atoms with Gasteiger partial charge in [0.1, 0.15) is 11.4 Å². The second kappa shape index (κ2) is 8.07. The Kier molecular flexibility index (Phi) is 5.70. The highest BCUT2D eigenvalue weighted by Gasteiger charge is 2.62. The van der Waals surface area contributed by atoms with E-state index in [-0.39, 0.29) is 23.1 Å². The monoisotopic (exact) mass is 458 g/mol. The fourth-order valence-electron chi connectivity index (χ4n) is 4.68. The quantitative estimate of drug-likeness (QED) is 0.527. The van der Waals surface area contributed by atoms with Crippen LogP contribution in [0.1, 0.15) is 50.8 Å². The fourth-order valence-corrected chi connectivity index (χ4v) is 4.85. The Bertz CT molecular complexity index is 1040. The Balaban J connectivity index is 1.63. The van der Waals surface area contributed by atoms with E-state index in [2.05, 4.69) is 0 Å². The van der Waals surface area contributed by atoms with Gasteiger partial charge in [-0.3, -0.25) is 4.79 Å². The van der Waals surface area contributed by atoms with Crippen LogP contribution >= 0.6 is 11.6 Å². The van der Waals surface area contributed by atoms with Gasteiger partial charge in [-0.2, -0.15) is 0 Å². The van der Waals surface area contributed by atoms with Crippen LogP contribution in [0.3, 0.4) is 0 Å². The van der Waals surface area contributed by atoms with Crippen molar-refractivity contribution in [3.05, 3.63) is 64.4 Å². The number of ether oxygens (including phenoxy) is 1. The largest absolute Gasteiger partial charge is 0.444 e. The van der Waals surface area contributed by atoms with Crippen molar-refractivity contribution in [3.63, 3.8) is 0 Å². The maximum atomic E-state index is 13.7. The van der Waals surface area contributed by atoms with Gasteiger partial charge in [-0.15, -0.1) is 0 Å². The highest BCUT2D eigenvalue weighted by Crippen LogP contribution is 2.57. The molecule has 2 heterocycles. The first-order chi connectivity index (χ1) is 15.0. The molecule has 0 bridgehead atoms. The van der Waals surface area contributed by atoms with Gasteiger partial charge in [0.05, 0.1) is 16.5 Å². The van der Waals surface area contributed by atoms with Crippen molar-refractivity contribution in [1.29, 1.82) is 0 Å². The van der Waals surface area contributed by atoms with Crippen LogP contribution in [0.25, 0.3) is 0 Å². The van der Waals surface area contributed by atoms with Crippen LogP contribution in [0, 0.1) is 18.2 Å². The molecule has 5 nitrogen and oxygen atoms in total. The molecule has 2 amide bonds. The molecule has 0 radical (unpaired) electrons. The zero-order chi connectivity index (χ0) is 23.3. The Morgan fingerprint density at radius 3 is 2.31 bits per heavy atom. The molecule has 2 aromatic rings. The molecule has 0 saturated carbocycles. The number of hydrogen-bond acceptors (Lipinski definition) is 3. The van der Waals surface area contributed by atoms with Crippen molar-refractivity contribution in [2.75, 3.05) is 18.0 Å². The number of likely N-dealkylation sites (tertiary alicyclic amines) is 1. The number of amides is 2. The van der Waals surface area contributed by atoms with E-state index in [1.165, 1.54) is 12.1 Å². The minimum Gasteiger partial charge on any atom is -0.444 e. The minimum atomic E-state index is -0.616. The summed E-state index contributed by atoms with van der Waals surface area (Å²) in [5.74, 6) is -0.537. The third-order valence-electron chi connectivity index (χ3n) is 6.31. The van der Waals surface area contributed by atoms with Gasteiger partial charge in [0.15, 0.2) is 0 Å². The standard InChI is InChI=1S/C25H28ClFN2O3/c1-16-5-7-17(8-6-16)21-25(11-13-28(14-12-25)23(31)32-24(2,3)4)22(30)29(21)18-9-10-20(27)19(26)15-18/h5-10,15,21H,11-14H2,1-4H3. The molecule has 4 rings (SSSR count). The Morgan fingerprint density at radius 2 is 1.75 bits per heavy atom. The Morgan fingerprint density at radius 1 is 1.12 bits per heavy atom. The molecule has 2 saturated heterocycles. The van der Waals surface area contributed by atoms with Crippen LogP contribution in [-0.2, 0) is 9.53 Å². The highest BCUT2D eigenvalue weighted by atomic mass is 35.5. The van der Waals surface area contributed by atoms with Crippen LogP contribution in [0.2, 0.25) is 5.02 Å². The van der Waals surface area contributed by atoms with Gasteiger partial charge in [0.25, 0.3) is 0 Å². The number of nitrogens with zero attached hydrogens (tertiary/aromatic N) is 2. The van der Waals surface area contributed by atoms with Crippen molar-refractivity contribution in [2.24, 2.45) is 5.41 Å². The predicted molar refractivity (Wildman–Crippen MR) is 122 cm³/mol. The average molecular weight is 459 g/mol. The molecule has 1 unspecified atom stereocenters. The number of rotatable bonds is 2. The molecule has 0 aromatic heterocycles. The van der Waals surface area contributed by atoms with Crippen LogP contribution < -0.4 is 4.90 Å². The molecule has 0 aliphatic carbocycles. The summed E-state index contributed by atoms with van der Waals surface area (Å²) in [7, 11) is 0. The van der Waals surface area contributed by atoms with Gasteiger partial charge in [-0.25, -0.2) is 9.18 Å². The SMILES string of the molecule is Cc1ccc(C2N(c3ccc(F)c(Cl)c3)C(=O)C23CCN(C(=O)OC(C)(C)C)CC3)cc1. The summed E-state index contributed by atoms with van der Waals surface area (Å²) in [6.45, 7) is 8.42. The fraction of sp³-hybridized carbons (Fsp3) is 0.440. The second-order valence-corrected chi connectivity index (χ2v) is 10.1. The van der Waals surface area contributed by atoms with E-state index in [0.29, 0.717) is 31.6 Å². The number of aryl methyl sites for hydroxylation is 1. The molecular weight excluding hydrogens is 431 g/mol.